The number of esters is 1. The summed E-state index contributed by atoms with van der Waals surface area (Å²) in [4.78, 5) is 36.6. The van der Waals surface area contributed by atoms with Crippen molar-refractivity contribution in [1.82, 2.24) is 9.55 Å². The second-order valence-corrected chi connectivity index (χ2v) is 10.6. The Morgan fingerprint density at radius 1 is 1.11 bits per heavy atom. The summed E-state index contributed by atoms with van der Waals surface area (Å²) in [5.41, 5.74) is 4.72. The number of fused-ring (bicyclic) bond motifs is 2. The van der Waals surface area contributed by atoms with Crippen LogP contribution in [0.25, 0.3) is 28.2 Å². The van der Waals surface area contributed by atoms with Crippen LogP contribution in [-0.4, -0.2) is 22.1 Å². The number of rotatable bonds is 5. The van der Waals surface area contributed by atoms with Gasteiger partial charge in [-0.05, 0) is 43.0 Å². The van der Waals surface area contributed by atoms with Crippen LogP contribution in [-0.2, 0) is 9.53 Å². The lowest BCUT2D eigenvalue weighted by Crippen LogP contribution is -2.39. The zero-order valence-electron chi connectivity index (χ0n) is 20.2. The van der Waals surface area contributed by atoms with Gasteiger partial charge in [-0.2, -0.15) is 0 Å². The molecule has 0 aliphatic carbocycles. The largest absolute Gasteiger partial charge is 0.463 e. The summed E-state index contributed by atoms with van der Waals surface area (Å²) in [5.74, 6) is -0.445. The van der Waals surface area contributed by atoms with E-state index in [4.69, 9.17) is 4.74 Å². The van der Waals surface area contributed by atoms with E-state index in [0.29, 0.717) is 20.6 Å². The number of aromatic nitrogens is 2. The predicted molar refractivity (Wildman–Crippen MR) is 148 cm³/mol. The fraction of sp³-hybridized carbons (Fsp3) is 0.138. The van der Waals surface area contributed by atoms with Gasteiger partial charge < -0.3 is 9.72 Å². The van der Waals surface area contributed by atoms with Crippen molar-refractivity contribution in [3.8, 4) is 11.3 Å². The molecular weight excluding hydrogens is 502 g/mol. The number of allylic oxidation sites excluding steroid dienone is 1. The van der Waals surface area contributed by atoms with Gasteiger partial charge in [0.15, 0.2) is 4.80 Å². The molecule has 0 spiro atoms. The highest BCUT2D eigenvalue weighted by Gasteiger charge is 2.34. The Labute approximate surface area is 220 Å². The van der Waals surface area contributed by atoms with Crippen molar-refractivity contribution in [2.45, 2.75) is 19.9 Å². The molecule has 1 aliphatic rings. The number of H-pyrrole nitrogens is 1. The van der Waals surface area contributed by atoms with E-state index in [1.165, 1.54) is 22.7 Å². The first kappa shape index (κ1) is 23.4. The van der Waals surface area contributed by atoms with Crippen LogP contribution in [0.2, 0.25) is 0 Å². The van der Waals surface area contributed by atoms with Crippen molar-refractivity contribution >= 4 is 45.6 Å². The number of aromatic amines is 1. The van der Waals surface area contributed by atoms with Gasteiger partial charge in [0.25, 0.3) is 5.56 Å². The third kappa shape index (κ3) is 3.98. The van der Waals surface area contributed by atoms with Crippen LogP contribution in [0.1, 0.15) is 30.3 Å². The zero-order valence-corrected chi connectivity index (χ0v) is 21.9. The van der Waals surface area contributed by atoms with Crippen molar-refractivity contribution in [3.63, 3.8) is 0 Å². The Morgan fingerprint density at radius 2 is 1.89 bits per heavy atom. The molecule has 8 heteroatoms. The molecule has 0 bridgehead atoms. The molecule has 4 heterocycles. The van der Waals surface area contributed by atoms with E-state index in [1.54, 1.807) is 18.4 Å². The van der Waals surface area contributed by atoms with Crippen molar-refractivity contribution in [2.75, 3.05) is 6.61 Å². The summed E-state index contributed by atoms with van der Waals surface area (Å²) in [7, 11) is 0. The Balaban J connectivity index is 1.60. The second-order valence-electron chi connectivity index (χ2n) is 8.64. The molecular formula is C29H23N3O3S2. The molecule has 3 aromatic heterocycles. The lowest BCUT2D eigenvalue weighted by molar-refractivity contribution is -0.139. The molecule has 37 heavy (non-hydrogen) atoms. The van der Waals surface area contributed by atoms with Gasteiger partial charge in [0.05, 0.1) is 28.1 Å². The molecule has 0 fully saturated rings. The molecule has 0 unspecified atom stereocenters. The standard InChI is InChI=1S/C29H23N3O3S2/c1-3-35-28(34)24-17(2)30-29-32(26(24)22-14-9-15-36-22)27(33)23(37-29)16-20-19-12-7-8-13-21(19)31-25(20)18-10-5-4-6-11-18/h4-16,26,31H,3H2,1-2H3/t26-/m0/s1. The summed E-state index contributed by atoms with van der Waals surface area (Å²) in [6, 6.07) is 21.5. The average Bonchev–Trinajstić information content (AvgIpc) is 3.63. The monoisotopic (exact) mass is 525 g/mol. The van der Waals surface area contributed by atoms with E-state index in [0.717, 1.165) is 32.6 Å². The van der Waals surface area contributed by atoms with Gasteiger partial charge >= 0.3 is 5.97 Å². The first-order chi connectivity index (χ1) is 18.1. The Morgan fingerprint density at radius 3 is 2.65 bits per heavy atom. The number of hydrogen-bond donors (Lipinski definition) is 1. The van der Waals surface area contributed by atoms with Gasteiger partial charge in [-0.1, -0.05) is 65.9 Å². The molecule has 6 nitrogen and oxygen atoms in total. The van der Waals surface area contributed by atoms with Gasteiger partial charge in [-0.25, -0.2) is 9.79 Å². The number of thiazole rings is 1. The number of para-hydroxylation sites is 1. The number of nitrogens with one attached hydrogen (secondary N) is 1. The van der Waals surface area contributed by atoms with Gasteiger partial charge in [0.2, 0.25) is 0 Å². The van der Waals surface area contributed by atoms with E-state index >= 15 is 0 Å². The SMILES string of the molecule is CCOC(=O)C1=C(C)N=c2sc(=Cc3c(-c4ccccc4)[nH]c4ccccc34)c(=O)n2[C@H]1c1cccs1. The molecule has 1 N–H and O–H groups in total. The maximum absolute atomic E-state index is 14.0. The molecule has 2 aromatic carbocycles. The van der Waals surface area contributed by atoms with E-state index in [-0.39, 0.29) is 12.2 Å². The second kappa shape index (κ2) is 9.46. The number of carbonyl (C=O) groups is 1. The van der Waals surface area contributed by atoms with Crippen LogP contribution in [0.15, 0.2) is 93.2 Å². The highest BCUT2D eigenvalue weighted by atomic mass is 32.1. The summed E-state index contributed by atoms with van der Waals surface area (Å²) in [6.45, 7) is 3.83. The minimum atomic E-state index is -0.575. The number of hydrogen-bond acceptors (Lipinski definition) is 6. The van der Waals surface area contributed by atoms with E-state index in [1.807, 2.05) is 60.0 Å². The molecule has 0 radical (unpaired) electrons. The predicted octanol–water partition coefficient (Wildman–Crippen LogP) is 5.01. The third-order valence-electron chi connectivity index (χ3n) is 6.41. The smallest absolute Gasteiger partial charge is 0.338 e. The van der Waals surface area contributed by atoms with E-state index < -0.39 is 12.0 Å². The van der Waals surface area contributed by atoms with E-state index in [2.05, 4.69) is 28.2 Å². The van der Waals surface area contributed by atoms with Crippen molar-refractivity contribution < 1.29 is 9.53 Å². The Bertz CT molecular complexity index is 1840. The molecule has 0 saturated carbocycles. The van der Waals surface area contributed by atoms with Crippen LogP contribution in [0.4, 0.5) is 0 Å². The molecule has 6 rings (SSSR count). The van der Waals surface area contributed by atoms with Crippen molar-refractivity contribution in [2.24, 2.45) is 4.99 Å². The van der Waals surface area contributed by atoms with Crippen LogP contribution in [0, 0.1) is 0 Å². The summed E-state index contributed by atoms with van der Waals surface area (Å²) in [6.07, 6.45) is 1.94. The van der Waals surface area contributed by atoms with Crippen molar-refractivity contribution in [1.29, 1.82) is 0 Å². The van der Waals surface area contributed by atoms with Crippen molar-refractivity contribution in [3.05, 3.63) is 114 Å². The van der Waals surface area contributed by atoms with Crippen LogP contribution >= 0.6 is 22.7 Å². The van der Waals surface area contributed by atoms with E-state index in [9.17, 15) is 9.59 Å². The topological polar surface area (TPSA) is 76.4 Å². The minimum Gasteiger partial charge on any atom is -0.463 e. The van der Waals surface area contributed by atoms with Gasteiger partial charge in [0, 0.05) is 21.3 Å². The van der Waals surface area contributed by atoms with Crippen LogP contribution < -0.4 is 14.9 Å². The van der Waals surface area contributed by atoms with Crippen LogP contribution in [0.5, 0.6) is 0 Å². The lowest BCUT2D eigenvalue weighted by Gasteiger charge is -2.23. The molecule has 5 aromatic rings. The third-order valence-corrected chi connectivity index (χ3v) is 8.32. The number of benzene rings is 2. The minimum absolute atomic E-state index is 0.180. The number of ether oxygens (including phenoxy) is 1. The molecule has 1 atom stereocenters. The lowest BCUT2D eigenvalue weighted by atomic mass is 10.0. The maximum Gasteiger partial charge on any atom is 0.338 e. The fourth-order valence-electron chi connectivity index (χ4n) is 4.78. The normalized spacial score (nSPS) is 15.6. The Kier molecular flexibility index (Phi) is 5.98. The highest BCUT2D eigenvalue weighted by Crippen LogP contribution is 2.34. The van der Waals surface area contributed by atoms with Crippen LogP contribution in [0.3, 0.4) is 0 Å². The van der Waals surface area contributed by atoms with Gasteiger partial charge in [-0.3, -0.25) is 9.36 Å². The van der Waals surface area contributed by atoms with Gasteiger partial charge in [0.1, 0.15) is 6.04 Å². The summed E-state index contributed by atoms with van der Waals surface area (Å²) >= 11 is 2.84. The molecule has 184 valence electrons. The summed E-state index contributed by atoms with van der Waals surface area (Å²) in [5, 5.41) is 2.98. The quantitative estimate of drug-likeness (QED) is 0.328. The molecule has 0 amide bonds. The number of thiophene rings is 1. The molecule has 0 saturated heterocycles. The highest BCUT2D eigenvalue weighted by molar-refractivity contribution is 7.10. The van der Waals surface area contributed by atoms with Gasteiger partial charge in [-0.15, -0.1) is 11.3 Å². The number of carbonyl (C=O) groups excluding carboxylic acids is 1. The average molecular weight is 526 g/mol. The first-order valence-corrected chi connectivity index (χ1v) is 13.7. The maximum atomic E-state index is 14.0. The zero-order chi connectivity index (χ0) is 25.5. The first-order valence-electron chi connectivity index (χ1n) is 12.0. The fourth-order valence-corrected chi connectivity index (χ4v) is 6.64. The summed E-state index contributed by atoms with van der Waals surface area (Å²) < 4.78 is 7.56. The molecule has 1 aliphatic heterocycles. The number of nitrogens with zero attached hydrogens (tertiary/aromatic N) is 2. The Hall–Kier alpha value is -4.01.